The van der Waals surface area contributed by atoms with E-state index in [9.17, 15) is 10.2 Å². The highest BCUT2D eigenvalue weighted by atomic mass is 35.5. The second-order valence-corrected chi connectivity index (χ2v) is 5.01. The lowest BCUT2D eigenvalue weighted by molar-refractivity contribution is -0.0121. The second-order valence-electron chi connectivity index (χ2n) is 4.58. The lowest BCUT2D eigenvalue weighted by Crippen LogP contribution is -2.34. The SMILES string of the molecule is CCC(O)(CC)COc1ccc(Cl)cc1[C@@H](C)O. The van der Waals surface area contributed by atoms with Gasteiger partial charge in [0.2, 0.25) is 0 Å². The zero-order valence-electron chi connectivity index (χ0n) is 11.1. The standard InChI is InChI=1S/C14H21ClO3/c1-4-14(17,5-2)9-18-13-7-6-11(15)8-12(13)10(3)16/h6-8,10,16-17H,4-5,9H2,1-3H3/t10-/m1/s1. The second kappa shape index (κ2) is 6.41. The first-order valence-corrected chi connectivity index (χ1v) is 6.62. The average molecular weight is 273 g/mol. The highest BCUT2D eigenvalue weighted by Crippen LogP contribution is 2.29. The molecule has 4 heteroatoms. The fraction of sp³-hybridized carbons (Fsp3) is 0.571. The molecular formula is C14H21ClO3. The Morgan fingerprint density at radius 2 is 1.94 bits per heavy atom. The van der Waals surface area contributed by atoms with Gasteiger partial charge in [0.25, 0.3) is 0 Å². The molecule has 1 aromatic carbocycles. The average Bonchev–Trinajstić information content (AvgIpc) is 2.36. The zero-order chi connectivity index (χ0) is 13.8. The Labute approximate surface area is 113 Å². The van der Waals surface area contributed by atoms with Gasteiger partial charge in [-0.15, -0.1) is 0 Å². The first-order valence-electron chi connectivity index (χ1n) is 6.24. The smallest absolute Gasteiger partial charge is 0.125 e. The summed E-state index contributed by atoms with van der Waals surface area (Å²) in [6, 6.07) is 5.11. The van der Waals surface area contributed by atoms with E-state index in [0.717, 1.165) is 0 Å². The maximum atomic E-state index is 10.2. The molecule has 1 rings (SSSR count). The third kappa shape index (κ3) is 3.87. The molecule has 1 aromatic rings. The molecular weight excluding hydrogens is 252 g/mol. The number of aliphatic hydroxyl groups is 2. The van der Waals surface area contributed by atoms with Crippen molar-refractivity contribution in [3.63, 3.8) is 0 Å². The molecule has 0 bridgehead atoms. The first kappa shape index (κ1) is 15.3. The van der Waals surface area contributed by atoms with E-state index in [1.165, 1.54) is 0 Å². The van der Waals surface area contributed by atoms with Crippen molar-refractivity contribution in [1.29, 1.82) is 0 Å². The van der Waals surface area contributed by atoms with Gasteiger partial charge in [-0.2, -0.15) is 0 Å². The molecule has 0 radical (unpaired) electrons. The molecule has 0 fully saturated rings. The van der Waals surface area contributed by atoms with Crippen molar-refractivity contribution in [3.8, 4) is 5.75 Å². The Kier molecular flexibility index (Phi) is 5.45. The largest absolute Gasteiger partial charge is 0.490 e. The van der Waals surface area contributed by atoms with Gasteiger partial charge in [-0.1, -0.05) is 25.4 Å². The topological polar surface area (TPSA) is 49.7 Å². The number of ether oxygens (including phenoxy) is 1. The van der Waals surface area contributed by atoms with Crippen LogP contribution in [0.4, 0.5) is 0 Å². The van der Waals surface area contributed by atoms with Crippen LogP contribution in [-0.2, 0) is 0 Å². The van der Waals surface area contributed by atoms with Crippen LogP contribution < -0.4 is 4.74 Å². The monoisotopic (exact) mass is 272 g/mol. The predicted molar refractivity (Wildman–Crippen MR) is 73.1 cm³/mol. The van der Waals surface area contributed by atoms with E-state index in [-0.39, 0.29) is 6.61 Å². The summed E-state index contributed by atoms with van der Waals surface area (Å²) in [6.07, 6.45) is 0.595. The summed E-state index contributed by atoms with van der Waals surface area (Å²) in [4.78, 5) is 0. The third-order valence-corrected chi connectivity index (χ3v) is 3.47. The van der Waals surface area contributed by atoms with Gasteiger partial charge in [0.15, 0.2) is 0 Å². The summed E-state index contributed by atoms with van der Waals surface area (Å²) >= 11 is 5.89. The normalized spacial score (nSPS) is 13.4. The number of benzene rings is 1. The van der Waals surface area contributed by atoms with Gasteiger partial charge in [0.1, 0.15) is 12.4 Å². The van der Waals surface area contributed by atoms with Crippen LogP contribution in [0, 0.1) is 0 Å². The van der Waals surface area contributed by atoms with E-state index in [0.29, 0.717) is 29.2 Å². The van der Waals surface area contributed by atoms with Crippen LogP contribution in [0.3, 0.4) is 0 Å². The quantitative estimate of drug-likeness (QED) is 0.835. The van der Waals surface area contributed by atoms with Crippen molar-refractivity contribution in [2.45, 2.75) is 45.3 Å². The molecule has 18 heavy (non-hydrogen) atoms. The lowest BCUT2D eigenvalue weighted by atomic mass is 9.99. The molecule has 0 saturated heterocycles. The molecule has 0 aliphatic rings. The Hall–Kier alpha value is -0.770. The minimum absolute atomic E-state index is 0.210. The summed E-state index contributed by atoms with van der Waals surface area (Å²) in [5.41, 5.74) is -0.188. The summed E-state index contributed by atoms with van der Waals surface area (Å²) in [5.74, 6) is 0.565. The van der Waals surface area contributed by atoms with Crippen molar-refractivity contribution in [2.75, 3.05) is 6.61 Å². The van der Waals surface area contributed by atoms with Crippen LogP contribution in [0.15, 0.2) is 18.2 Å². The maximum Gasteiger partial charge on any atom is 0.125 e. The molecule has 0 amide bonds. The van der Waals surface area contributed by atoms with Gasteiger partial charge in [-0.25, -0.2) is 0 Å². The summed E-state index contributed by atoms with van der Waals surface area (Å²) in [6.45, 7) is 5.71. The Morgan fingerprint density at radius 1 is 1.33 bits per heavy atom. The van der Waals surface area contributed by atoms with Gasteiger partial charge in [0.05, 0.1) is 11.7 Å². The van der Waals surface area contributed by atoms with Crippen molar-refractivity contribution < 1.29 is 14.9 Å². The van der Waals surface area contributed by atoms with E-state index in [1.54, 1.807) is 25.1 Å². The van der Waals surface area contributed by atoms with Gasteiger partial charge in [-0.3, -0.25) is 0 Å². The minimum Gasteiger partial charge on any atom is -0.490 e. The van der Waals surface area contributed by atoms with Crippen LogP contribution in [0.2, 0.25) is 5.02 Å². The number of hydrogen-bond acceptors (Lipinski definition) is 3. The Morgan fingerprint density at radius 3 is 2.44 bits per heavy atom. The molecule has 0 aliphatic carbocycles. The Balaban J connectivity index is 2.85. The molecule has 0 aromatic heterocycles. The van der Waals surface area contributed by atoms with Crippen LogP contribution in [0.5, 0.6) is 5.75 Å². The Bertz CT molecular complexity index is 387. The van der Waals surface area contributed by atoms with Crippen molar-refractivity contribution in [2.24, 2.45) is 0 Å². The van der Waals surface area contributed by atoms with E-state index in [4.69, 9.17) is 16.3 Å². The van der Waals surface area contributed by atoms with Crippen molar-refractivity contribution in [3.05, 3.63) is 28.8 Å². The van der Waals surface area contributed by atoms with Crippen molar-refractivity contribution in [1.82, 2.24) is 0 Å². The van der Waals surface area contributed by atoms with E-state index < -0.39 is 11.7 Å². The predicted octanol–water partition coefficient (Wildman–Crippen LogP) is 3.32. The van der Waals surface area contributed by atoms with Crippen LogP contribution in [0.25, 0.3) is 0 Å². The molecule has 1 atom stereocenters. The number of hydrogen-bond donors (Lipinski definition) is 2. The van der Waals surface area contributed by atoms with Gasteiger partial charge in [0, 0.05) is 10.6 Å². The number of aliphatic hydroxyl groups excluding tert-OH is 1. The molecule has 102 valence electrons. The highest BCUT2D eigenvalue weighted by Gasteiger charge is 2.24. The summed E-state index contributed by atoms with van der Waals surface area (Å²) < 4.78 is 5.63. The summed E-state index contributed by atoms with van der Waals surface area (Å²) in [7, 11) is 0. The first-order chi connectivity index (χ1) is 8.41. The van der Waals surface area contributed by atoms with Crippen molar-refractivity contribution >= 4 is 11.6 Å². The summed E-state index contributed by atoms with van der Waals surface area (Å²) in [5, 5.41) is 20.4. The zero-order valence-corrected chi connectivity index (χ0v) is 11.9. The van der Waals surface area contributed by atoms with E-state index in [2.05, 4.69) is 0 Å². The van der Waals surface area contributed by atoms with Crippen LogP contribution in [-0.4, -0.2) is 22.4 Å². The molecule has 0 heterocycles. The number of halogens is 1. The van der Waals surface area contributed by atoms with E-state index in [1.807, 2.05) is 13.8 Å². The molecule has 3 nitrogen and oxygen atoms in total. The van der Waals surface area contributed by atoms with Crippen LogP contribution >= 0.6 is 11.6 Å². The van der Waals surface area contributed by atoms with Gasteiger partial charge >= 0.3 is 0 Å². The lowest BCUT2D eigenvalue weighted by Gasteiger charge is -2.26. The fourth-order valence-electron chi connectivity index (χ4n) is 1.64. The van der Waals surface area contributed by atoms with Crippen LogP contribution in [0.1, 0.15) is 45.3 Å². The minimum atomic E-state index is -0.824. The fourth-order valence-corrected chi connectivity index (χ4v) is 1.82. The molecule has 0 spiro atoms. The van der Waals surface area contributed by atoms with Gasteiger partial charge in [-0.05, 0) is 38.0 Å². The molecule has 0 aliphatic heterocycles. The third-order valence-electron chi connectivity index (χ3n) is 3.23. The number of rotatable bonds is 6. The van der Waals surface area contributed by atoms with E-state index >= 15 is 0 Å². The maximum absolute atomic E-state index is 10.2. The van der Waals surface area contributed by atoms with Gasteiger partial charge < -0.3 is 14.9 Å². The highest BCUT2D eigenvalue weighted by molar-refractivity contribution is 6.30. The molecule has 0 saturated carbocycles. The molecule has 2 N–H and O–H groups in total. The molecule has 0 unspecified atom stereocenters.